The Balaban J connectivity index is 1.55. The molecule has 4 aromatic rings. The van der Waals surface area contributed by atoms with E-state index in [1.807, 2.05) is 0 Å². The summed E-state index contributed by atoms with van der Waals surface area (Å²) in [5.74, 6) is -0.107. The minimum atomic E-state index is -0.471. The van der Waals surface area contributed by atoms with Crippen molar-refractivity contribution in [1.29, 1.82) is 0 Å². The standard InChI is InChI=1S/C22H19F2N5O2/c23-16-6-2-1-4-13(16)11-29-20-15(5-3-7-17(20)24)19(28-29)22-26-10-18(21(25)27-22)31-14-8-9-30-12-14/h1-7,10,14H,8-9,11-12H2,(H2,25,26,27). The highest BCUT2D eigenvalue weighted by molar-refractivity contribution is 5.92. The molecule has 9 heteroatoms. The summed E-state index contributed by atoms with van der Waals surface area (Å²) >= 11 is 0. The summed E-state index contributed by atoms with van der Waals surface area (Å²) in [6.45, 7) is 1.19. The lowest BCUT2D eigenvalue weighted by Gasteiger charge is -2.12. The Morgan fingerprint density at radius 3 is 2.74 bits per heavy atom. The second-order valence-corrected chi connectivity index (χ2v) is 7.28. The van der Waals surface area contributed by atoms with Gasteiger partial charge in [-0.25, -0.2) is 18.7 Å². The van der Waals surface area contributed by atoms with Crippen LogP contribution < -0.4 is 10.5 Å². The molecule has 1 saturated heterocycles. The summed E-state index contributed by atoms with van der Waals surface area (Å²) in [6, 6.07) is 11.0. The Morgan fingerprint density at radius 2 is 1.97 bits per heavy atom. The molecule has 0 saturated carbocycles. The number of nitrogens with two attached hydrogens (primary N) is 1. The van der Waals surface area contributed by atoms with E-state index < -0.39 is 5.82 Å². The zero-order chi connectivity index (χ0) is 21.4. The SMILES string of the molecule is Nc1nc(-c2nn(Cc3ccccc3F)c3c(F)cccc23)ncc1OC1CCOC1. The van der Waals surface area contributed by atoms with Gasteiger partial charge in [0, 0.05) is 17.4 Å². The first-order chi connectivity index (χ1) is 15.1. The maximum absolute atomic E-state index is 14.7. The van der Waals surface area contributed by atoms with Crippen molar-refractivity contribution in [3.63, 3.8) is 0 Å². The van der Waals surface area contributed by atoms with Crippen molar-refractivity contribution in [3.05, 3.63) is 65.9 Å². The largest absolute Gasteiger partial charge is 0.482 e. The van der Waals surface area contributed by atoms with Crippen molar-refractivity contribution in [3.8, 4) is 17.3 Å². The van der Waals surface area contributed by atoms with Gasteiger partial charge in [0.05, 0.1) is 26.0 Å². The lowest BCUT2D eigenvalue weighted by molar-refractivity contribution is 0.141. The monoisotopic (exact) mass is 423 g/mol. The lowest BCUT2D eigenvalue weighted by atomic mass is 10.2. The second kappa shape index (κ2) is 7.92. The van der Waals surface area contributed by atoms with Crippen molar-refractivity contribution in [2.75, 3.05) is 18.9 Å². The van der Waals surface area contributed by atoms with Crippen LogP contribution in [-0.4, -0.2) is 39.1 Å². The number of benzene rings is 2. The first kappa shape index (κ1) is 19.4. The Labute approximate surface area is 176 Å². The molecule has 1 unspecified atom stereocenters. The second-order valence-electron chi connectivity index (χ2n) is 7.28. The number of halogens is 2. The van der Waals surface area contributed by atoms with Gasteiger partial charge < -0.3 is 15.2 Å². The third-order valence-corrected chi connectivity index (χ3v) is 5.17. The fourth-order valence-electron chi connectivity index (χ4n) is 3.64. The molecule has 7 nitrogen and oxygen atoms in total. The van der Waals surface area contributed by atoms with E-state index in [0.29, 0.717) is 35.6 Å². The molecule has 158 valence electrons. The zero-order valence-corrected chi connectivity index (χ0v) is 16.5. The molecule has 2 aromatic carbocycles. The van der Waals surface area contributed by atoms with Gasteiger partial charge in [0.15, 0.2) is 17.4 Å². The number of hydrogen-bond acceptors (Lipinski definition) is 6. The summed E-state index contributed by atoms with van der Waals surface area (Å²) in [6.07, 6.45) is 2.16. The number of rotatable bonds is 5. The molecule has 1 fully saturated rings. The topological polar surface area (TPSA) is 88.1 Å². The van der Waals surface area contributed by atoms with Crippen LogP contribution in [0.4, 0.5) is 14.6 Å². The summed E-state index contributed by atoms with van der Waals surface area (Å²) in [5, 5.41) is 5.01. The van der Waals surface area contributed by atoms with Crippen LogP contribution in [0.1, 0.15) is 12.0 Å². The lowest BCUT2D eigenvalue weighted by Crippen LogP contribution is -2.17. The molecule has 5 rings (SSSR count). The number of para-hydroxylation sites is 1. The van der Waals surface area contributed by atoms with Gasteiger partial charge >= 0.3 is 0 Å². The normalized spacial score (nSPS) is 16.1. The number of hydrogen-bond donors (Lipinski definition) is 1. The summed E-state index contributed by atoms with van der Waals surface area (Å²) in [5.41, 5.74) is 7.08. The first-order valence-electron chi connectivity index (χ1n) is 9.86. The maximum atomic E-state index is 14.7. The van der Waals surface area contributed by atoms with E-state index in [1.54, 1.807) is 30.3 Å². The predicted molar refractivity (Wildman–Crippen MR) is 110 cm³/mol. The van der Waals surface area contributed by atoms with Crippen molar-refractivity contribution in [2.24, 2.45) is 0 Å². The Kier molecular flexibility index (Phi) is 4.95. The molecule has 2 N–H and O–H groups in total. The van der Waals surface area contributed by atoms with Crippen LogP contribution in [0, 0.1) is 11.6 Å². The molecular formula is C22H19F2N5O2. The Morgan fingerprint density at radius 1 is 1.13 bits per heavy atom. The van der Waals surface area contributed by atoms with Gasteiger partial charge in [0.2, 0.25) is 0 Å². The predicted octanol–water partition coefficient (Wildman–Crippen LogP) is 3.57. The molecule has 2 aromatic heterocycles. The highest BCUT2D eigenvalue weighted by Crippen LogP contribution is 2.31. The maximum Gasteiger partial charge on any atom is 0.182 e. The fraction of sp³-hybridized carbons (Fsp3) is 0.227. The van der Waals surface area contributed by atoms with Gasteiger partial charge in [0.1, 0.15) is 28.9 Å². The highest BCUT2D eigenvalue weighted by atomic mass is 19.1. The summed E-state index contributed by atoms with van der Waals surface area (Å²) in [7, 11) is 0. The summed E-state index contributed by atoms with van der Waals surface area (Å²) in [4.78, 5) is 8.67. The van der Waals surface area contributed by atoms with Gasteiger partial charge in [0.25, 0.3) is 0 Å². The van der Waals surface area contributed by atoms with Crippen LogP contribution in [0.15, 0.2) is 48.7 Å². The van der Waals surface area contributed by atoms with E-state index in [9.17, 15) is 8.78 Å². The molecule has 31 heavy (non-hydrogen) atoms. The molecular weight excluding hydrogens is 404 g/mol. The van der Waals surface area contributed by atoms with Gasteiger partial charge in [-0.1, -0.05) is 30.3 Å². The number of nitrogen functional groups attached to an aromatic ring is 1. The van der Waals surface area contributed by atoms with Crippen LogP contribution >= 0.6 is 0 Å². The van der Waals surface area contributed by atoms with Crippen molar-refractivity contribution in [2.45, 2.75) is 19.1 Å². The molecule has 1 aliphatic heterocycles. The van der Waals surface area contributed by atoms with Gasteiger partial charge in [-0.05, 0) is 12.1 Å². The fourth-order valence-corrected chi connectivity index (χ4v) is 3.64. The third kappa shape index (κ3) is 3.68. The van der Waals surface area contributed by atoms with E-state index in [-0.39, 0.29) is 35.6 Å². The van der Waals surface area contributed by atoms with E-state index in [1.165, 1.54) is 23.0 Å². The summed E-state index contributed by atoms with van der Waals surface area (Å²) < 4.78 is 41.4. The Bertz CT molecular complexity index is 1250. The molecule has 0 radical (unpaired) electrons. The van der Waals surface area contributed by atoms with E-state index in [0.717, 1.165) is 6.42 Å². The highest BCUT2D eigenvalue weighted by Gasteiger charge is 2.22. The smallest absolute Gasteiger partial charge is 0.182 e. The first-order valence-corrected chi connectivity index (χ1v) is 9.86. The van der Waals surface area contributed by atoms with Gasteiger partial charge in [-0.15, -0.1) is 0 Å². The van der Waals surface area contributed by atoms with Crippen LogP contribution in [0.25, 0.3) is 22.4 Å². The number of anilines is 1. The van der Waals surface area contributed by atoms with Crippen molar-refractivity contribution >= 4 is 16.7 Å². The quantitative estimate of drug-likeness (QED) is 0.528. The molecule has 1 aliphatic rings. The molecule has 0 bridgehead atoms. The molecule has 0 amide bonds. The minimum absolute atomic E-state index is 0.0580. The van der Waals surface area contributed by atoms with Gasteiger partial charge in [-0.2, -0.15) is 5.10 Å². The van der Waals surface area contributed by atoms with E-state index >= 15 is 0 Å². The van der Waals surface area contributed by atoms with Crippen LogP contribution in [0.2, 0.25) is 0 Å². The zero-order valence-electron chi connectivity index (χ0n) is 16.5. The number of aromatic nitrogens is 4. The molecule has 3 heterocycles. The average molecular weight is 423 g/mol. The van der Waals surface area contributed by atoms with Crippen molar-refractivity contribution in [1.82, 2.24) is 19.7 Å². The number of nitrogens with zero attached hydrogens (tertiary/aromatic N) is 4. The average Bonchev–Trinajstić information content (AvgIpc) is 3.40. The Hall–Kier alpha value is -3.59. The van der Waals surface area contributed by atoms with Gasteiger partial charge in [-0.3, -0.25) is 4.68 Å². The van der Waals surface area contributed by atoms with Crippen molar-refractivity contribution < 1.29 is 18.3 Å². The number of fused-ring (bicyclic) bond motifs is 1. The van der Waals surface area contributed by atoms with E-state index in [2.05, 4.69) is 15.1 Å². The van der Waals surface area contributed by atoms with Crippen LogP contribution in [-0.2, 0) is 11.3 Å². The molecule has 0 spiro atoms. The van der Waals surface area contributed by atoms with Crippen LogP contribution in [0.3, 0.4) is 0 Å². The third-order valence-electron chi connectivity index (χ3n) is 5.17. The minimum Gasteiger partial charge on any atom is -0.482 e. The molecule has 0 aliphatic carbocycles. The number of ether oxygens (including phenoxy) is 2. The van der Waals surface area contributed by atoms with E-state index in [4.69, 9.17) is 15.2 Å². The molecule has 1 atom stereocenters. The van der Waals surface area contributed by atoms with Crippen LogP contribution in [0.5, 0.6) is 5.75 Å².